The van der Waals surface area contributed by atoms with Gasteiger partial charge in [-0.15, -0.1) is 0 Å². The Labute approximate surface area is 138 Å². The van der Waals surface area contributed by atoms with Gasteiger partial charge in [-0.05, 0) is 31.2 Å². The van der Waals surface area contributed by atoms with Crippen molar-refractivity contribution in [1.29, 1.82) is 0 Å². The van der Waals surface area contributed by atoms with Gasteiger partial charge in [0, 0.05) is 10.0 Å². The highest BCUT2D eigenvalue weighted by Gasteiger charge is 2.13. The Morgan fingerprint density at radius 2 is 2.00 bits per heavy atom. The smallest absolute Gasteiger partial charge is 0.258 e. The number of carbonyl (C=O) groups excluding carboxylic acids is 1. The molecule has 116 valence electrons. The summed E-state index contributed by atoms with van der Waals surface area (Å²) in [6.07, 6.45) is 0. The van der Waals surface area contributed by atoms with Crippen LogP contribution in [0.2, 0.25) is 0 Å². The predicted octanol–water partition coefficient (Wildman–Crippen LogP) is 3.71. The fraction of sp³-hybridized carbons (Fsp3) is 0.235. The standard InChI is InChI=1S/C17H18BrNO3/c1-12(15-8-3-4-9-16(15)21-2)19-17(20)11-22-14-7-5-6-13(18)10-14/h3-10,12H,11H2,1-2H3,(H,19,20)/t12-/m1/s1. The minimum absolute atomic E-state index is 0.0318. The fourth-order valence-corrected chi connectivity index (χ4v) is 2.47. The number of hydrogen-bond donors (Lipinski definition) is 1. The summed E-state index contributed by atoms with van der Waals surface area (Å²) < 4.78 is 11.7. The van der Waals surface area contributed by atoms with Crippen molar-refractivity contribution in [2.75, 3.05) is 13.7 Å². The van der Waals surface area contributed by atoms with Crippen LogP contribution in [-0.2, 0) is 4.79 Å². The Kier molecular flexibility index (Phi) is 5.83. The van der Waals surface area contributed by atoms with Gasteiger partial charge in [0.05, 0.1) is 13.2 Å². The Morgan fingerprint density at radius 1 is 1.23 bits per heavy atom. The molecule has 0 unspecified atom stereocenters. The van der Waals surface area contributed by atoms with E-state index in [-0.39, 0.29) is 18.6 Å². The number of nitrogens with one attached hydrogen (secondary N) is 1. The Bertz CT molecular complexity index is 645. The molecule has 1 atom stereocenters. The maximum Gasteiger partial charge on any atom is 0.258 e. The zero-order valence-corrected chi connectivity index (χ0v) is 14.1. The second-order valence-electron chi connectivity index (χ2n) is 4.78. The Hall–Kier alpha value is -2.01. The van der Waals surface area contributed by atoms with E-state index in [2.05, 4.69) is 21.2 Å². The summed E-state index contributed by atoms with van der Waals surface area (Å²) in [6.45, 7) is 1.88. The Morgan fingerprint density at radius 3 is 2.73 bits per heavy atom. The minimum atomic E-state index is -0.182. The lowest BCUT2D eigenvalue weighted by atomic mass is 10.1. The lowest BCUT2D eigenvalue weighted by molar-refractivity contribution is -0.123. The maximum absolute atomic E-state index is 12.0. The van der Waals surface area contributed by atoms with E-state index >= 15 is 0 Å². The molecule has 1 amide bonds. The second kappa shape index (κ2) is 7.84. The normalized spacial score (nSPS) is 11.6. The SMILES string of the molecule is COc1ccccc1[C@@H](C)NC(=O)COc1cccc(Br)c1. The van der Waals surface area contributed by atoms with E-state index in [4.69, 9.17) is 9.47 Å². The van der Waals surface area contributed by atoms with Crippen LogP contribution in [0.4, 0.5) is 0 Å². The third-order valence-corrected chi connectivity index (χ3v) is 3.64. The summed E-state index contributed by atoms with van der Waals surface area (Å²) in [6, 6.07) is 14.8. The van der Waals surface area contributed by atoms with Crippen molar-refractivity contribution >= 4 is 21.8 Å². The van der Waals surface area contributed by atoms with Crippen molar-refractivity contribution in [3.8, 4) is 11.5 Å². The van der Waals surface area contributed by atoms with Gasteiger partial charge in [0.1, 0.15) is 11.5 Å². The van der Waals surface area contributed by atoms with Gasteiger partial charge in [0.15, 0.2) is 6.61 Å². The molecular weight excluding hydrogens is 346 g/mol. The molecule has 2 rings (SSSR count). The Balaban J connectivity index is 1.91. The van der Waals surface area contributed by atoms with Crippen molar-refractivity contribution in [3.63, 3.8) is 0 Å². The average Bonchev–Trinajstić information content (AvgIpc) is 2.53. The first-order valence-electron chi connectivity index (χ1n) is 6.91. The highest BCUT2D eigenvalue weighted by Crippen LogP contribution is 2.24. The lowest BCUT2D eigenvalue weighted by Crippen LogP contribution is -2.31. The van der Waals surface area contributed by atoms with E-state index in [1.807, 2.05) is 55.5 Å². The molecule has 0 aliphatic carbocycles. The summed E-state index contributed by atoms with van der Waals surface area (Å²) in [5, 5.41) is 2.90. The van der Waals surface area contributed by atoms with E-state index in [9.17, 15) is 4.79 Å². The average molecular weight is 364 g/mol. The van der Waals surface area contributed by atoms with E-state index in [0.29, 0.717) is 5.75 Å². The van der Waals surface area contributed by atoms with Crippen molar-refractivity contribution in [3.05, 3.63) is 58.6 Å². The van der Waals surface area contributed by atoms with Crippen LogP contribution in [0, 0.1) is 0 Å². The molecule has 4 nitrogen and oxygen atoms in total. The number of hydrogen-bond acceptors (Lipinski definition) is 3. The second-order valence-corrected chi connectivity index (χ2v) is 5.69. The highest BCUT2D eigenvalue weighted by atomic mass is 79.9. The molecule has 0 spiro atoms. The number of carbonyl (C=O) groups is 1. The number of halogens is 1. The number of rotatable bonds is 6. The third-order valence-electron chi connectivity index (χ3n) is 3.15. The molecule has 0 aliphatic rings. The van der Waals surface area contributed by atoms with E-state index in [1.165, 1.54) is 0 Å². The first kappa shape index (κ1) is 16.4. The van der Waals surface area contributed by atoms with Gasteiger partial charge in [-0.2, -0.15) is 0 Å². The molecule has 5 heteroatoms. The maximum atomic E-state index is 12.0. The topological polar surface area (TPSA) is 47.6 Å². The molecule has 0 fully saturated rings. The zero-order valence-electron chi connectivity index (χ0n) is 12.5. The van der Waals surface area contributed by atoms with Crippen molar-refractivity contribution in [1.82, 2.24) is 5.32 Å². The van der Waals surface area contributed by atoms with Crippen LogP contribution in [0.3, 0.4) is 0 Å². The third kappa shape index (κ3) is 4.49. The van der Waals surface area contributed by atoms with Crippen LogP contribution in [-0.4, -0.2) is 19.6 Å². The van der Waals surface area contributed by atoms with Crippen LogP contribution in [0.1, 0.15) is 18.5 Å². The lowest BCUT2D eigenvalue weighted by Gasteiger charge is -2.17. The number of methoxy groups -OCH3 is 1. The van der Waals surface area contributed by atoms with Crippen molar-refractivity contribution in [2.45, 2.75) is 13.0 Å². The molecule has 2 aromatic rings. The van der Waals surface area contributed by atoms with Crippen LogP contribution in [0.15, 0.2) is 53.0 Å². The molecule has 0 bridgehead atoms. The number of para-hydroxylation sites is 1. The molecule has 2 aromatic carbocycles. The summed E-state index contributed by atoms with van der Waals surface area (Å²) in [5.74, 6) is 1.22. The van der Waals surface area contributed by atoms with Crippen LogP contribution in [0.5, 0.6) is 11.5 Å². The molecule has 0 radical (unpaired) electrons. The molecule has 0 saturated carbocycles. The van der Waals surface area contributed by atoms with Crippen LogP contribution in [0.25, 0.3) is 0 Å². The summed E-state index contributed by atoms with van der Waals surface area (Å²) in [7, 11) is 1.61. The van der Waals surface area contributed by atoms with Gasteiger partial charge in [0.25, 0.3) is 5.91 Å². The molecule has 22 heavy (non-hydrogen) atoms. The van der Waals surface area contributed by atoms with Gasteiger partial charge in [-0.1, -0.05) is 40.2 Å². The summed E-state index contributed by atoms with van der Waals surface area (Å²) in [4.78, 5) is 12.0. The van der Waals surface area contributed by atoms with Crippen LogP contribution >= 0.6 is 15.9 Å². The van der Waals surface area contributed by atoms with E-state index in [0.717, 1.165) is 15.8 Å². The number of ether oxygens (including phenoxy) is 2. The van der Waals surface area contributed by atoms with Crippen molar-refractivity contribution in [2.24, 2.45) is 0 Å². The van der Waals surface area contributed by atoms with Gasteiger partial charge in [-0.3, -0.25) is 4.79 Å². The molecule has 0 aromatic heterocycles. The van der Waals surface area contributed by atoms with Gasteiger partial charge < -0.3 is 14.8 Å². The minimum Gasteiger partial charge on any atom is -0.496 e. The van der Waals surface area contributed by atoms with Gasteiger partial charge in [-0.25, -0.2) is 0 Å². The first-order valence-corrected chi connectivity index (χ1v) is 7.70. The predicted molar refractivity (Wildman–Crippen MR) is 89.2 cm³/mol. The fourth-order valence-electron chi connectivity index (χ4n) is 2.09. The van der Waals surface area contributed by atoms with Crippen LogP contribution < -0.4 is 14.8 Å². The number of benzene rings is 2. The van der Waals surface area contributed by atoms with Gasteiger partial charge in [0.2, 0.25) is 0 Å². The first-order chi connectivity index (χ1) is 10.6. The van der Waals surface area contributed by atoms with E-state index in [1.54, 1.807) is 7.11 Å². The quantitative estimate of drug-likeness (QED) is 0.850. The molecule has 0 aliphatic heterocycles. The molecular formula is C17H18BrNO3. The molecule has 1 N–H and O–H groups in total. The summed E-state index contributed by atoms with van der Waals surface area (Å²) >= 11 is 3.36. The zero-order chi connectivity index (χ0) is 15.9. The summed E-state index contributed by atoms with van der Waals surface area (Å²) in [5.41, 5.74) is 0.931. The molecule has 0 saturated heterocycles. The molecule has 0 heterocycles. The van der Waals surface area contributed by atoms with Crippen molar-refractivity contribution < 1.29 is 14.3 Å². The monoisotopic (exact) mass is 363 g/mol. The van der Waals surface area contributed by atoms with E-state index < -0.39 is 0 Å². The van der Waals surface area contributed by atoms with Gasteiger partial charge >= 0.3 is 0 Å². The highest BCUT2D eigenvalue weighted by molar-refractivity contribution is 9.10. The number of amides is 1. The largest absolute Gasteiger partial charge is 0.496 e.